The van der Waals surface area contributed by atoms with Gasteiger partial charge in [0.25, 0.3) is 0 Å². The third-order valence-electron chi connectivity index (χ3n) is 11.2. The van der Waals surface area contributed by atoms with E-state index in [9.17, 15) is 4.79 Å². The van der Waals surface area contributed by atoms with Gasteiger partial charge in [0.05, 0.1) is 0 Å². The summed E-state index contributed by atoms with van der Waals surface area (Å²) in [6.07, 6.45) is 16.4. The highest BCUT2D eigenvalue weighted by Crippen LogP contribution is 2.72. The number of hydrazone groups is 1. The molecule has 8 unspecified atom stereocenters. The molecular weight excluding hydrogens is 396 g/mol. The Morgan fingerprint density at radius 1 is 1.00 bits per heavy atom. The van der Waals surface area contributed by atoms with Crippen molar-refractivity contribution in [3.05, 3.63) is 0 Å². The van der Waals surface area contributed by atoms with Crippen LogP contribution < -0.4 is 11.6 Å². The van der Waals surface area contributed by atoms with Crippen LogP contribution in [-0.4, -0.2) is 23.3 Å². The number of nitrogens with zero attached hydrogens (tertiary/aromatic N) is 2. The number of carbonyl (C=O) groups excluding carboxylic acids is 1. The summed E-state index contributed by atoms with van der Waals surface area (Å²) in [4.78, 5) is 13.4. The minimum atomic E-state index is 0.152. The zero-order valence-corrected chi connectivity index (χ0v) is 20.7. The predicted octanol–water partition coefficient (Wildman–Crippen LogP) is 5.10. The first kappa shape index (κ1) is 22.7. The van der Waals surface area contributed by atoms with Crippen molar-refractivity contribution in [2.24, 2.45) is 68.9 Å². The molecule has 0 aromatic carbocycles. The molecule has 4 N–H and O–H groups in total. The number of carbonyl (C=O) groups is 1. The Morgan fingerprint density at radius 2 is 1.75 bits per heavy atom. The molecule has 0 aromatic rings. The Bertz CT molecular complexity index is 759. The van der Waals surface area contributed by atoms with E-state index in [2.05, 4.69) is 18.9 Å². The Hall–Kier alpha value is -1.10. The van der Waals surface area contributed by atoms with Gasteiger partial charge < -0.3 is 5.73 Å². The van der Waals surface area contributed by atoms with E-state index in [4.69, 9.17) is 11.6 Å². The number of nitrogens with two attached hydrogens (primary N) is 2. The van der Waals surface area contributed by atoms with Gasteiger partial charge in [-0.2, -0.15) is 0 Å². The summed E-state index contributed by atoms with van der Waals surface area (Å²) in [7, 11) is 0. The fraction of sp³-hybridized carbons (Fsp3) is 0.926. The highest BCUT2D eigenvalue weighted by atomic mass is 16.1. The molecule has 5 heteroatoms. The molecule has 5 fully saturated rings. The largest absolute Gasteiger partial charge is 0.386 e. The monoisotopic (exact) mass is 442 g/mol. The molecule has 0 aliphatic heterocycles. The second-order valence-electron chi connectivity index (χ2n) is 12.5. The van der Waals surface area contributed by atoms with Crippen LogP contribution in [-0.2, 0) is 4.79 Å². The van der Waals surface area contributed by atoms with E-state index < -0.39 is 0 Å². The van der Waals surface area contributed by atoms with Gasteiger partial charge in [0.15, 0.2) is 5.78 Å². The molecule has 0 aromatic heterocycles. The van der Waals surface area contributed by atoms with Crippen LogP contribution in [0.4, 0.5) is 0 Å². The lowest BCUT2D eigenvalue weighted by Crippen LogP contribution is -2.56. The molecule has 5 aliphatic rings. The van der Waals surface area contributed by atoms with Gasteiger partial charge >= 0.3 is 0 Å². The van der Waals surface area contributed by atoms with Crippen LogP contribution in [0.3, 0.4) is 0 Å². The molecule has 0 amide bonds. The zero-order valence-electron chi connectivity index (χ0n) is 20.7. The number of Topliss-reactive ketones (excluding diaryl/α,β-unsaturated/α-hetero) is 1. The first-order chi connectivity index (χ1) is 15.3. The second-order valence-corrected chi connectivity index (χ2v) is 12.5. The Labute approximate surface area is 195 Å². The van der Waals surface area contributed by atoms with E-state index in [-0.39, 0.29) is 23.7 Å². The van der Waals surface area contributed by atoms with E-state index in [0.29, 0.717) is 11.3 Å². The Morgan fingerprint density at radius 3 is 2.44 bits per heavy atom. The quantitative estimate of drug-likeness (QED) is 0.259. The van der Waals surface area contributed by atoms with Crippen LogP contribution in [0.25, 0.3) is 0 Å². The maximum atomic E-state index is 13.4. The van der Waals surface area contributed by atoms with Crippen molar-refractivity contribution < 1.29 is 4.79 Å². The SMILES string of the molecule is CCC12CCC3C(CCC4CC(C)CCC43C3CC3)C1CCC2C(=O)CN(N)/N=C(/C)N. The van der Waals surface area contributed by atoms with Crippen molar-refractivity contribution in [2.75, 3.05) is 6.54 Å². The molecule has 5 rings (SSSR count). The van der Waals surface area contributed by atoms with Gasteiger partial charge in [0.2, 0.25) is 0 Å². The lowest BCUT2D eigenvalue weighted by atomic mass is 9.42. The fourth-order valence-corrected chi connectivity index (χ4v) is 10.1. The number of hydrazine groups is 1. The summed E-state index contributed by atoms with van der Waals surface area (Å²) >= 11 is 0. The average molecular weight is 443 g/mol. The molecule has 0 radical (unpaired) electrons. The van der Waals surface area contributed by atoms with Gasteiger partial charge in [0, 0.05) is 5.92 Å². The van der Waals surface area contributed by atoms with E-state index >= 15 is 0 Å². The molecule has 0 bridgehead atoms. The fourth-order valence-electron chi connectivity index (χ4n) is 10.1. The van der Waals surface area contributed by atoms with E-state index in [1.165, 1.54) is 69.3 Å². The minimum absolute atomic E-state index is 0.152. The first-order valence-electron chi connectivity index (χ1n) is 13.7. The van der Waals surface area contributed by atoms with Gasteiger partial charge in [-0.05, 0) is 124 Å². The van der Waals surface area contributed by atoms with Gasteiger partial charge in [-0.1, -0.05) is 20.3 Å². The van der Waals surface area contributed by atoms with Crippen molar-refractivity contribution in [3.63, 3.8) is 0 Å². The van der Waals surface area contributed by atoms with Crippen LogP contribution in [0.2, 0.25) is 0 Å². The number of fused-ring (bicyclic) bond motifs is 5. The van der Waals surface area contributed by atoms with Crippen LogP contribution in [0.5, 0.6) is 0 Å². The van der Waals surface area contributed by atoms with Crippen molar-refractivity contribution in [1.82, 2.24) is 5.12 Å². The summed E-state index contributed by atoms with van der Waals surface area (Å²) in [6, 6.07) is 0. The van der Waals surface area contributed by atoms with Crippen LogP contribution in [0, 0.1) is 52.3 Å². The second kappa shape index (κ2) is 8.29. The summed E-state index contributed by atoms with van der Waals surface area (Å²) in [6.45, 7) is 6.75. The highest BCUT2D eigenvalue weighted by Gasteiger charge is 2.65. The average Bonchev–Trinajstić information content (AvgIpc) is 3.52. The minimum Gasteiger partial charge on any atom is -0.386 e. The van der Waals surface area contributed by atoms with Gasteiger partial charge in [0.1, 0.15) is 12.4 Å². The third kappa shape index (κ3) is 3.44. The number of hydrogen-bond acceptors (Lipinski definition) is 4. The topological polar surface area (TPSA) is 84.7 Å². The molecule has 180 valence electrons. The van der Waals surface area contributed by atoms with E-state index in [1.54, 1.807) is 6.92 Å². The summed E-state index contributed by atoms with van der Waals surface area (Å²) < 4.78 is 0. The van der Waals surface area contributed by atoms with Crippen LogP contribution in [0.15, 0.2) is 5.10 Å². The van der Waals surface area contributed by atoms with Crippen molar-refractivity contribution in [2.45, 2.75) is 97.8 Å². The number of amidine groups is 1. The first-order valence-corrected chi connectivity index (χ1v) is 13.7. The van der Waals surface area contributed by atoms with E-state index in [1.807, 2.05) is 0 Å². The third-order valence-corrected chi connectivity index (χ3v) is 11.2. The van der Waals surface area contributed by atoms with Crippen molar-refractivity contribution >= 4 is 11.6 Å². The molecule has 5 saturated carbocycles. The lowest BCUT2D eigenvalue weighted by Gasteiger charge is -2.63. The standard InChI is InChI=1S/C27H46N4O/c1-4-26-13-12-23-21(8-7-20-15-17(2)11-14-27(20,23)19-5-6-19)22(26)9-10-24(26)25(32)16-31(29)30-18(3)28/h17,19-24H,4-16,29H2,1-3H3,(H2,28,30). The normalized spacial score (nSPS) is 46.2. The molecule has 8 atom stereocenters. The molecule has 0 spiro atoms. The maximum absolute atomic E-state index is 13.4. The number of hydrogen-bond donors (Lipinski definition) is 2. The van der Waals surface area contributed by atoms with Gasteiger partial charge in [-0.15, -0.1) is 5.10 Å². The Balaban J connectivity index is 1.39. The maximum Gasteiger partial charge on any atom is 0.159 e. The summed E-state index contributed by atoms with van der Waals surface area (Å²) in [5.41, 5.74) is 6.52. The zero-order chi connectivity index (χ0) is 22.7. The van der Waals surface area contributed by atoms with Crippen molar-refractivity contribution in [3.8, 4) is 0 Å². The predicted molar refractivity (Wildman–Crippen MR) is 129 cm³/mol. The summed E-state index contributed by atoms with van der Waals surface area (Å²) in [5.74, 6) is 12.3. The molecule has 5 nitrogen and oxygen atoms in total. The molecular formula is C27H46N4O. The number of rotatable bonds is 6. The summed E-state index contributed by atoms with van der Waals surface area (Å²) in [5, 5.41) is 5.34. The van der Waals surface area contributed by atoms with Crippen LogP contribution in [0.1, 0.15) is 97.8 Å². The van der Waals surface area contributed by atoms with Gasteiger partial charge in [-0.25, -0.2) is 11.0 Å². The lowest BCUT2D eigenvalue weighted by molar-refractivity contribution is -0.149. The van der Waals surface area contributed by atoms with E-state index in [0.717, 1.165) is 48.3 Å². The smallest absolute Gasteiger partial charge is 0.159 e. The highest BCUT2D eigenvalue weighted by molar-refractivity contribution is 5.84. The number of ketones is 1. The van der Waals surface area contributed by atoms with Gasteiger partial charge in [-0.3, -0.25) is 4.79 Å². The molecule has 0 heterocycles. The van der Waals surface area contributed by atoms with Crippen LogP contribution >= 0.6 is 0 Å². The molecule has 0 saturated heterocycles. The van der Waals surface area contributed by atoms with Crippen molar-refractivity contribution in [1.29, 1.82) is 0 Å². The molecule has 5 aliphatic carbocycles. The Kier molecular flexibility index (Phi) is 5.87. The molecule has 32 heavy (non-hydrogen) atoms.